The second-order valence-corrected chi connectivity index (χ2v) is 4.27. The monoisotopic (exact) mass is 173 g/mol. The van der Waals surface area contributed by atoms with Gasteiger partial charge in [0.2, 0.25) is 0 Å². The summed E-state index contributed by atoms with van der Waals surface area (Å²) in [5.74, 6) is 1.78. The van der Waals surface area contributed by atoms with E-state index in [0.29, 0.717) is 0 Å². The van der Waals surface area contributed by atoms with Crippen LogP contribution in [0.3, 0.4) is 0 Å². The second-order valence-electron chi connectivity index (χ2n) is 4.27. The van der Waals surface area contributed by atoms with Crippen molar-refractivity contribution in [3.05, 3.63) is 29.8 Å². The zero-order valence-corrected chi connectivity index (χ0v) is 7.79. The number of hydrogen-bond acceptors (Lipinski definition) is 1. The maximum Gasteiger partial charge on any atom is 0.0376 e. The largest absolute Gasteiger partial charge is 0.384 e. The first kappa shape index (κ1) is 7.43. The van der Waals surface area contributed by atoms with Crippen LogP contribution in [0.1, 0.15) is 30.7 Å². The first-order valence-electron chi connectivity index (χ1n) is 5.28. The van der Waals surface area contributed by atoms with Crippen molar-refractivity contribution in [3.8, 4) is 0 Å². The van der Waals surface area contributed by atoms with E-state index in [1.54, 1.807) is 5.56 Å². The number of fused-ring (bicyclic) bond motifs is 1. The Balaban J connectivity index is 1.93. The van der Waals surface area contributed by atoms with Crippen LogP contribution in [0.4, 0.5) is 5.69 Å². The lowest BCUT2D eigenvalue weighted by Crippen LogP contribution is -2.21. The summed E-state index contributed by atoms with van der Waals surface area (Å²) in [4.78, 5) is 0. The molecule has 1 aromatic carbocycles. The summed E-state index contributed by atoms with van der Waals surface area (Å²) in [7, 11) is 0. The maximum absolute atomic E-state index is 3.50. The summed E-state index contributed by atoms with van der Waals surface area (Å²) in [6, 6.07) is 8.78. The van der Waals surface area contributed by atoms with Gasteiger partial charge in [-0.2, -0.15) is 0 Å². The molecule has 0 amide bonds. The smallest absolute Gasteiger partial charge is 0.0376 e. The molecular weight excluding hydrogens is 158 g/mol. The van der Waals surface area contributed by atoms with E-state index < -0.39 is 0 Å². The Bertz CT molecular complexity index is 315. The molecule has 0 aromatic heterocycles. The van der Waals surface area contributed by atoms with Gasteiger partial charge in [0.15, 0.2) is 0 Å². The van der Waals surface area contributed by atoms with Crippen LogP contribution in [0.15, 0.2) is 24.3 Å². The fourth-order valence-electron chi connectivity index (χ4n) is 2.57. The minimum Gasteiger partial charge on any atom is -0.384 e. The van der Waals surface area contributed by atoms with E-state index in [-0.39, 0.29) is 0 Å². The van der Waals surface area contributed by atoms with Crippen molar-refractivity contribution >= 4 is 5.69 Å². The molecule has 1 fully saturated rings. The zero-order valence-electron chi connectivity index (χ0n) is 7.79. The van der Waals surface area contributed by atoms with E-state index in [0.717, 1.165) is 11.8 Å². The molecule has 0 radical (unpaired) electrons. The molecule has 1 nitrogen and oxygen atoms in total. The van der Waals surface area contributed by atoms with Crippen LogP contribution in [-0.2, 0) is 0 Å². The summed E-state index contributed by atoms with van der Waals surface area (Å²) in [5, 5.41) is 3.50. The molecule has 3 rings (SSSR count). The molecule has 1 aromatic rings. The van der Waals surface area contributed by atoms with Gasteiger partial charge in [-0.1, -0.05) is 24.6 Å². The summed E-state index contributed by atoms with van der Waals surface area (Å²) < 4.78 is 0. The number of anilines is 1. The van der Waals surface area contributed by atoms with Crippen molar-refractivity contribution in [1.82, 2.24) is 0 Å². The van der Waals surface area contributed by atoms with Gasteiger partial charge in [0, 0.05) is 18.2 Å². The zero-order chi connectivity index (χ0) is 8.67. The average Bonchev–Trinajstić information content (AvgIpc) is 2.47. The molecule has 1 heteroatoms. The van der Waals surface area contributed by atoms with Crippen molar-refractivity contribution in [2.24, 2.45) is 5.92 Å². The van der Waals surface area contributed by atoms with E-state index in [4.69, 9.17) is 0 Å². The number of nitrogens with one attached hydrogen (secondary N) is 1. The van der Waals surface area contributed by atoms with E-state index in [9.17, 15) is 0 Å². The van der Waals surface area contributed by atoms with Crippen LogP contribution < -0.4 is 5.32 Å². The predicted molar refractivity (Wildman–Crippen MR) is 55.0 cm³/mol. The molecule has 2 aliphatic rings. The highest BCUT2D eigenvalue weighted by Gasteiger charge is 2.32. The van der Waals surface area contributed by atoms with E-state index >= 15 is 0 Å². The third-order valence-corrected chi connectivity index (χ3v) is 3.59. The minimum atomic E-state index is 0.810. The Morgan fingerprint density at radius 2 is 2.00 bits per heavy atom. The van der Waals surface area contributed by atoms with Crippen molar-refractivity contribution in [2.75, 3.05) is 11.9 Å². The van der Waals surface area contributed by atoms with Gasteiger partial charge in [-0.3, -0.25) is 0 Å². The standard InChI is InChI=1S/C12H15N/c1-2-7-12-10(6-1)11(8-13-12)9-4-3-5-9/h1-2,6-7,9,11,13H,3-5,8H2. The first-order chi connectivity index (χ1) is 6.45. The highest BCUT2D eigenvalue weighted by atomic mass is 14.9. The average molecular weight is 173 g/mol. The van der Waals surface area contributed by atoms with Crippen molar-refractivity contribution < 1.29 is 0 Å². The SMILES string of the molecule is c1ccc2c(c1)NCC2C1CCC1. The van der Waals surface area contributed by atoms with Crippen LogP contribution in [-0.4, -0.2) is 6.54 Å². The van der Waals surface area contributed by atoms with Gasteiger partial charge in [-0.05, 0) is 30.4 Å². The van der Waals surface area contributed by atoms with Crippen molar-refractivity contribution in [3.63, 3.8) is 0 Å². The lowest BCUT2D eigenvalue weighted by atomic mass is 9.74. The fraction of sp³-hybridized carbons (Fsp3) is 0.500. The number of hydrogen-bond donors (Lipinski definition) is 1. The Hall–Kier alpha value is -0.980. The fourth-order valence-corrected chi connectivity index (χ4v) is 2.57. The van der Waals surface area contributed by atoms with Gasteiger partial charge in [0.25, 0.3) is 0 Å². The molecule has 13 heavy (non-hydrogen) atoms. The summed E-state index contributed by atoms with van der Waals surface area (Å²) >= 11 is 0. The third-order valence-electron chi connectivity index (χ3n) is 3.59. The van der Waals surface area contributed by atoms with Gasteiger partial charge >= 0.3 is 0 Å². The van der Waals surface area contributed by atoms with Crippen LogP contribution in [0, 0.1) is 5.92 Å². The lowest BCUT2D eigenvalue weighted by molar-refractivity contribution is 0.272. The van der Waals surface area contributed by atoms with Gasteiger partial charge in [-0.15, -0.1) is 0 Å². The van der Waals surface area contributed by atoms with Crippen molar-refractivity contribution in [2.45, 2.75) is 25.2 Å². The number of para-hydroxylation sites is 1. The molecule has 1 aliphatic heterocycles. The normalized spacial score (nSPS) is 26.3. The van der Waals surface area contributed by atoms with Crippen LogP contribution in [0.2, 0.25) is 0 Å². The highest BCUT2D eigenvalue weighted by Crippen LogP contribution is 2.44. The Morgan fingerprint density at radius 1 is 1.15 bits per heavy atom. The van der Waals surface area contributed by atoms with Gasteiger partial charge in [0.1, 0.15) is 0 Å². The molecule has 1 saturated carbocycles. The van der Waals surface area contributed by atoms with Gasteiger partial charge in [0.05, 0.1) is 0 Å². The molecule has 1 N–H and O–H groups in total. The number of benzene rings is 1. The molecule has 1 aliphatic carbocycles. The van der Waals surface area contributed by atoms with E-state index in [1.165, 1.54) is 31.5 Å². The van der Waals surface area contributed by atoms with Gasteiger partial charge < -0.3 is 5.32 Å². The molecule has 1 atom stereocenters. The van der Waals surface area contributed by atoms with Gasteiger partial charge in [-0.25, -0.2) is 0 Å². The summed E-state index contributed by atoms with van der Waals surface area (Å²) in [5.41, 5.74) is 2.94. The summed E-state index contributed by atoms with van der Waals surface area (Å²) in [6.07, 6.45) is 4.34. The van der Waals surface area contributed by atoms with Crippen molar-refractivity contribution in [1.29, 1.82) is 0 Å². The third kappa shape index (κ3) is 1.06. The maximum atomic E-state index is 3.50. The lowest BCUT2D eigenvalue weighted by Gasteiger charge is -2.31. The molecular formula is C12H15N. The molecule has 0 saturated heterocycles. The number of rotatable bonds is 1. The molecule has 0 bridgehead atoms. The Morgan fingerprint density at radius 3 is 2.77 bits per heavy atom. The first-order valence-corrected chi connectivity index (χ1v) is 5.28. The van der Waals surface area contributed by atoms with Crippen LogP contribution >= 0.6 is 0 Å². The predicted octanol–water partition coefficient (Wildman–Crippen LogP) is 3.00. The molecule has 1 unspecified atom stereocenters. The summed E-state index contributed by atoms with van der Waals surface area (Å²) in [6.45, 7) is 1.17. The quantitative estimate of drug-likeness (QED) is 0.688. The topological polar surface area (TPSA) is 12.0 Å². The molecule has 1 heterocycles. The van der Waals surface area contributed by atoms with Crippen LogP contribution in [0.5, 0.6) is 0 Å². The molecule has 68 valence electrons. The second kappa shape index (κ2) is 2.76. The van der Waals surface area contributed by atoms with Crippen LogP contribution in [0.25, 0.3) is 0 Å². The van der Waals surface area contributed by atoms with E-state index in [2.05, 4.69) is 29.6 Å². The highest BCUT2D eigenvalue weighted by molar-refractivity contribution is 5.57. The Labute approximate surface area is 79.2 Å². The molecule has 0 spiro atoms. The minimum absolute atomic E-state index is 0.810. The Kier molecular flexibility index (Phi) is 1.58. The van der Waals surface area contributed by atoms with E-state index in [1.807, 2.05) is 0 Å².